The molecule has 4 aromatic rings. The number of morpholine rings is 1. The molecular formula is C20H18FN5O3. The molecule has 0 amide bonds. The molecule has 0 bridgehead atoms. The Labute approximate surface area is 164 Å². The summed E-state index contributed by atoms with van der Waals surface area (Å²) in [5.41, 5.74) is 3.29. The number of fused-ring (bicyclic) bond motifs is 3. The van der Waals surface area contributed by atoms with Crippen molar-refractivity contribution in [2.45, 2.75) is 0 Å². The zero-order valence-corrected chi connectivity index (χ0v) is 15.7. The largest absolute Gasteiger partial charge is 0.496 e. The van der Waals surface area contributed by atoms with E-state index in [-0.39, 0.29) is 5.69 Å². The second-order valence-electron chi connectivity index (χ2n) is 6.77. The minimum absolute atomic E-state index is 0.225. The molecule has 1 N–H and O–H groups in total. The van der Waals surface area contributed by atoms with E-state index in [0.717, 1.165) is 16.5 Å². The first-order valence-electron chi connectivity index (χ1n) is 9.22. The van der Waals surface area contributed by atoms with Gasteiger partial charge in [0.2, 0.25) is 5.95 Å². The lowest BCUT2D eigenvalue weighted by Crippen LogP contribution is -2.48. The van der Waals surface area contributed by atoms with Crippen molar-refractivity contribution in [1.29, 1.82) is 0 Å². The Hall–Kier alpha value is -3.46. The highest BCUT2D eigenvalue weighted by Crippen LogP contribution is 2.35. The van der Waals surface area contributed by atoms with Gasteiger partial charge in [-0.05, 0) is 18.2 Å². The van der Waals surface area contributed by atoms with E-state index >= 15 is 0 Å². The van der Waals surface area contributed by atoms with E-state index in [0.29, 0.717) is 48.6 Å². The summed E-state index contributed by atoms with van der Waals surface area (Å²) in [6.45, 7) is 2.34. The maximum atomic E-state index is 13.3. The third-order valence-electron chi connectivity index (χ3n) is 5.12. The fourth-order valence-corrected chi connectivity index (χ4v) is 3.75. The van der Waals surface area contributed by atoms with E-state index in [1.54, 1.807) is 24.0 Å². The summed E-state index contributed by atoms with van der Waals surface area (Å²) in [4.78, 5) is 23.8. The van der Waals surface area contributed by atoms with Gasteiger partial charge in [0.15, 0.2) is 0 Å². The summed E-state index contributed by atoms with van der Waals surface area (Å²) in [7, 11) is 1.57. The van der Waals surface area contributed by atoms with Gasteiger partial charge >= 0.3 is 5.69 Å². The first kappa shape index (κ1) is 17.6. The number of halogens is 1. The van der Waals surface area contributed by atoms with Gasteiger partial charge in [0.05, 0.1) is 50.6 Å². The number of hydrogen-bond donors (Lipinski definition) is 1. The van der Waals surface area contributed by atoms with Crippen molar-refractivity contribution in [1.82, 2.24) is 19.6 Å². The van der Waals surface area contributed by atoms with Crippen LogP contribution in [0.3, 0.4) is 0 Å². The summed E-state index contributed by atoms with van der Waals surface area (Å²) in [6.07, 6.45) is 3.10. The molecule has 0 atom stereocenters. The molecule has 0 unspecified atom stereocenters. The fraction of sp³-hybridized carbons (Fsp3) is 0.250. The van der Waals surface area contributed by atoms with Gasteiger partial charge in [-0.25, -0.2) is 14.5 Å². The molecule has 0 spiro atoms. The third-order valence-corrected chi connectivity index (χ3v) is 5.12. The highest BCUT2D eigenvalue weighted by Gasteiger charge is 2.20. The van der Waals surface area contributed by atoms with Gasteiger partial charge in [-0.1, -0.05) is 0 Å². The second-order valence-corrected chi connectivity index (χ2v) is 6.77. The lowest BCUT2D eigenvalue weighted by atomic mass is 10.0. The van der Waals surface area contributed by atoms with Crippen LogP contribution in [0.15, 0.2) is 41.5 Å². The monoisotopic (exact) mass is 395 g/mol. The number of hydrogen-bond acceptors (Lipinski definition) is 6. The Balaban J connectivity index is 1.80. The molecule has 1 aromatic carbocycles. The van der Waals surface area contributed by atoms with E-state index in [1.165, 1.54) is 12.3 Å². The number of aromatic nitrogens is 4. The molecule has 1 fully saturated rings. The lowest BCUT2D eigenvalue weighted by Gasteiger charge is -2.29. The maximum Gasteiger partial charge on any atom is 0.345 e. The minimum atomic E-state index is -0.552. The van der Waals surface area contributed by atoms with Crippen LogP contribution in [0, 0.1) is 5.95 Å². The van der Waals surface area contributed by atoms with Crippen molar-refractivity contribution in [2.75, 3.05) is 38.4 Å². The van der Waals surface area contributed by atoms with Gasteiger partial charge in [0.1, 0.15) is 11.3 Å². The highest BCUT2D eigenvalue weighted by atomic mass is 19.1. The predicted molar refractivity (Wildman–Crippen MR) is 106 cm³/mol. The predicted octanol–water partition coefficient (Wildman–Crippen LogP) is 2.06. The summed E-state index contributed by atoms with van der Waals surface area (Å²) in [5, 5.41) is 2.75. The van der Waals surface area contributed by atoms with Gasteiger partial charge < -0.3 is 19.5 Å². The molecule has 8 nitrogen and oxygen atoms in total. The number of rotatable bonds is 3. The van der Waals surface area contributed by atoms with Crippen LogP contribution in [0.2, 0.25) is 0 Å². The lowest BCUT2D eigenvalue weighted by molar-refractivity contribution is 0.111. The molecule has 1 aliphatic heterocycles. The third kappa shape index (κ3) is 2.90. The number of imidazole rings is 1. The van der Waals surface area contributed by atoms with E-state index in [1.807, 2.05) is 17.1 Å². The zero-order valence-electron chi connectivity index (χ0n) is 15.7. The molecule has 4 heterocycles. The second kappa shape index (κ2) is 6.85. The minimum Gasteiger partial charge on any atom is -0.496 e. The zero-order chi connectivity index (χ0) is 20.0. The molecule has 1 saturated heterocycles. The first-order chi connectivity index (χ1) is 14.2. The molecule has 0 saturated carbocycles. The fourth-order valence-electron chi connectivity index (χ4n) is 3.75. The molecule has 5 rings (SSSR count). The van der Waals surface area contributed by atoms with Gasteiger partial charge in [0.25, 0.3) is 0 Å². The molecular weight excluding hydrogens is 377 g/mol. The summed E-state index contributed by atoms with van der Waals surface area (Å²) < 4.78 is 25.9. The van der Waals surface area contributed by atoms with Crippen molar-refractivity contribution in [3.05, 3.63) is 53.1 Å². The van der Waals surface area contributed by atoms with Crippen molar-refractivity contribution in [3.63, 3.8) is 0 Å². The van der Waals surface area contributed by atoms with Crippen LogP contribution >= 0.6 is 0 Å². The quantitative estimate of drug-likeness (QED) is 0.535. The number of pyridine rings is 2. The van der Waals surface area contributed by atoms with E-state index in [4.69, 9.17) is 9.47 Å². The number of benzene rings is 1. The number of nitrogens with zero attached hydrogens (tertiary/aromatic N) is 4. The van der Waals surface area contributed by atoms with Gasteiger partial charge in [-0.15, -0.1) is 0 Å². The topological polar surface area (TPSA) is 85.3 Å². The van der Waals surface area contributed by atoms with Crippen molar-refractivity contribution in [3.8, 4) is 16.9 Å². The molecule has 148 valence electrons. The van der Waals surface area contributed by atoms with Crippen LogP contribution in [0.1, 0.15) is 0 Å². The maximum absolute atomic E-state index is 13.3. The number of aromatic amines is 1. The summed E-state index contributed by atoms with van der Waals surface area (Å²) >= 11 is 0. The number of ether oxygens (including phenoxy) is 2. The first-order valence-corrected chi connectivity index (χ1v) is 9.22. The van der Waals surface area contributed by atoms with E-state index < -0.39 is 5.95 Å². The van der Waals surface area contributed by atoms with Crippen LogP contribution in [-0.4, -0.2) is 53.0 Å². The number of nitrogens with one attached hydrogen (secondary N) is 1. The van der Waals surface area contributed by atoms with Crippen LogP contribution in [0.4, 0.5) is 4.39 Å². The normalized spacial score (nSPS) is 14.6. The van der Waals surface area contributed by atoms with Crippen LogP contribution in [0.25, 0.3) is 33.1 Å². The standard InChI is InChI=1S/C20H18FN5O3/c1-28-17-9-15-14(8-13(17)12-2-3-18(21)23-10-12)19-16(11-22-15)24-20(27)26(19)25-4-6-29-7-5-25/h2-3,8-11H,4-7H2,1H3,(H,24,27). The Morgan fingerprint density at radius 1 is 1.17 bits per heavy atom. The van der Waals surface area contributed by atoms with Crippen LogP contribution < -0.4 is 15.4 Å². The van der Waals surface area contributed by atoms with Gasteiger partial charge in [-0.2, -0.15) is 4.39 Å². The molecule has 9 heteroatoms. The average Bonchev–Trinajstić information content (AvgIpc) is 3.10. The Morgan fingerprint density at radius 3 is 2.72 bits per heavy atom. The number of methoxy groups -OCH3 is 1. The highest BCUT2D eigenvalue weighted by molar-refractivity contribution is 6.05. The van der Waals surface area contributed by atoms with Crippen LogP contribution in [0.5, 0.6) is 5.75 Å². The smallest absolute Gasteiger partial charge is 0.345 e. The molecule has 0 radical (unpaired) electrons. The Bertz CT molecular complexity index is 1260. The number of H-pyrrole nitrogens is 1. The van der Waals surface area contributed by atoms with Gasteiger partial charge in [-0.3, -0.25) is 4.98 Å². The summed E-state index contributed by atoms with van der Waals surface area (Å²) in [5.74, 6) is 0.0397. The van der Waals surface area contributed by atoms with Crippen molar-refractivity contribution in [2.24, 2.45) is 0 Å². The average molecular weight is 395 g/mol. The van der Waals surface area contributed by atoms with Crippen molar-refractivity contribution >= 4 is 21.9 Å². The Kier molecular flexibility index (Phi) is 4.17. The van der Waals surface area contributed by atoms with Crippen molar-refractivity contribution < 1.29 is 13.9 Å². The van der Waals surface area contributed by atoms with E-state index in [2.05, 4.69) is 15.0 Å². The van der Waals surface area contributed by atoms with Gasteiger partial charge in [0, 0.05) is 28.8 Å². The van der Waals surface area contributed by atoms with E-state index in [9.17, 15) is 9.18 Å². The molecule has 0 aliphatic carbocycles. The summed E-state index contributed by atoms with van der Waals surface area (Å²) in [6, 6.07) is 6.67. The molecule has 29 heavy (non-hydrogen) atoms. The Morgan fingerprint density at radius 2 is 2.00 bits per heavy atom. The molecule has 1 aliphatic rings. The van der Waals surface area contributed by atoms with Crippen LogP contribution in [-0.2, 0) is 4.74 Å². The molecule has 3 aromatic heterocycles. The SMILES string of the molecule is COc1cc2ncc3[nH]c(=O)n(N4CCOCC4)c3c2cc1-c1ccc(F)nc1.